The van der Waals surface area contributed by atoms with E-state index in [0.717, 1.165) is 28.1 Å². The summed E-state index contributed by atoms with van der Waals surface area (Å²) in [7, 11) is 2.86. The van der Waals surface area contributed by atoms with Gasteiger partial charge in [-0.3, -0.25) is 0 Å². The predicted octanol–water partition coefficient (Wildman–Crippen LogP) is -2.83. The third-order valence-corrected chi connectivity index (χ3v) is 0. The highest BCUT2D eigenvalue weighted by Crippen LogP contribution is 1.20. The van der Waals surface area contributed by atoms with Gasteiger partial charge in [-0.15, -0.1) is 0 Å². The molecule has 2 nitrogen and oxygen atoms in total. The van der Waals surface area contributed by atoms with Gasteiger partial charge in [-0.1, -0.05) is 0 Å². The molecule has 0 atom stereocenters. The van der Waals surface area contributed by atoms with Crippen molar-refractivity contribution >= 4 is 21.0 Å². The van der Waals surface area contributed by atoms with E-state index in [9.17, 15) is 0 Å². The van der Waals surface area contributed by atoms with Crippen LogP contribution >= 0.6 is 0 Å². The van der Waals surface area contributed by atoms with Crippen molar-refractivity contribution in [3.05, 3.63) is 0 Å². The van der Waals surface area contributed by atoms with E-state index in [-0.39, 0.29) is 0 Å². The molecule has 1 N–H and O–H groups in total. The van der Waals surface area contributed by atoms with Crippen molar-refractivity contribution in [1.82, 2.24) is 0 Å². The van der Waals surface area contributed by atoms with Crippen molar-refractivity contribution in [2.75, 3.05) is 7.11 Å². The van der Waals surface area contributed by atoms with Gasteiger partial charge in [0.05, 0.1) is 0 Å². The van der Waals surface area contributed by atoms with Crippen molar-refractivity contribution < 1.29 is 9.22 Å². The molecular formula is CH10O2Si2. The maximum absolute atomic E-state index is 7.00. The van der Waals surface area contributed by atoms with Crippen molar-refractivity contribution in [3.8, 4) is 0 Å². The number of aliphatic hydroxyl groups is 1. The summed E-state index contributed by atoms with van der Waals surface area (Å²) in [5.41, 5.74) is 0. The Morgan fingerprint density at radius 3 is 1.40 bits per heavy atom. The summed E-state index contributed by atoms with van der Waals surface area (Å²) in [6.45, 7) is 0. The summed E-state index contributed by atoms with van der Waals surface area (Å²) in [5, 5.41) is 7.00. The van der Waals surface area contributed by atoms with E-state index in [1.807, 2.05) is 0 Å². The van der Waals surface area contributed by atoms with Gasteiger partial charge in [0.1, 0.15) is 21.0 Å². The second kappa shape index (κ2) is 26.7. The van der Waals surface area contributed by atoms with Crippen LogP contribution in [-0.4, -0.2) is 33.2 Å². The molecule has 0 saturated carbocycles. The van der Waals surface area contributed by atoms with Crippen LogP contribution in [0.3, 0.4) is 0 Å². The molecule has 5 heavy (non-hydrogen) atoms. The van der Waals surface area contributed by atoms with Crippen LogP contribution in [0.5, 0.6) is 0 Å². The summed E-state index contributed by atoms with van der Waals surface area (Å²) < 4.78 is 4.53. The molecule has 0 heterocycles. The summed E-state index contributed by atoms with van der Waals surface area (Å²) in [6, 6.07) is 0. The van der Waals surface area contributed by atoms with E-state index in [1.54, 1.807) is 0 Å². The average molecular weight is 110 g/mol. The molecule has 0 bridgehead atoms. The van der Waals surface area contributed by atoms with Crippen molar-refractivity contribution in [2.24, 2.45) is 0 Å². The zero-order valence-electron chi connectivity index (χ0n) is 3.86. The Labute approximate surface area is 38.2 Å². The highest BCUT2D eigenvalue weighted by Gasteiger charge is 1.28. The number of rotatable bonds is 0. The van der Waals surface area contributed by atoms with Gasteiger partial charge in [0.25, 0.3) is 0 Å². The van der Waals surface area contributed by atoms with Crippen LogP contribution in [0.4, 0.5) is 0 Å². The Bertz CT molecular complexity index is 7.61. The summed E-state index contributed by atoms with van der Waals surface area (Å²) in [4.78, 5) is 0. The Balaban J connectivity index is 0. The first kappa shape index (κ1) is 9.02. The highest BCUT2D eigenvalue weighted by atomic mass is 28.3. The van der Waals surface area contributed by atoms with Gasteiger partial charge in [-0.2, -0.15) is 0 Å². The maximum atomic E-state index is 7.00. The Kier molecular flexibility index (Phi) is 48.2. The molecule has 0 fully saturated rings. The topological polar surface area (TPSA) is 29.5 Å². The molecule has 0 aromatic heterocycles. The van der Waals surface area contributed by atoms with Crippen molar-refractivity contribution in [3.63, 3.8) is 0 Å². The van der Waals surface area contributed by atoms with E-state index in [1.165, 1.54) is 0 Å². The zero-order valence-corrected chi connectivity index (χ0v) is 7.86. The van der Waals surface area contributed by atoms with Crippen LogP contribution in [0, 0.1) is 0 Å². The average Bonchev–Trinajstić information content (AvgIpc) is 1.46. The molecule has 0 aromatic rings. The fourth-order valence-corrected chi connectivity index (χ4v) is 0. The van der Waals surface area contributed by atoms with E-state index < -0.39 is 0 Å². The molecule has 0 spiro atoms. The fraction of sp³-hybridized carbons (Fsp3) is 1.00. The predicted molar refractivity (Wildman–Crippen MR) is 29.1 cm³/mol. The zero-order chi connectivity index (χ0) is 4.71. The van der Waals surface area contributed by atoms with Crippen LogP contribution in [-0.2, 0) is 4.12 Å². The molecule has 0 aliphatic heterocycles. The van der Waals surface area contributed by atoms with E-state index in [2.05, 4.69) is 4.12 Å². The minimum absolute atomic E-state index is 0.931. The molecule has 0 saturated heterocycles. The van der Waals surface area contributed by atoms with Gasteiger partial charge in [0, 0.05) is 7.11 Å². The smallest absolute Gasteiger partial charge is 0.129 e. The lowest BCUT2D eigenvalue weighted by atomic mass is 11.8. The quantitative estimate of drug-likeness (QED) is 0.341. The lowest BCUT2D eigenvalue weighted by molar-refractivity contribution is 0.399. The van der Waals surface area contributed by atoms with Crippen LogP contribution in [0.2, 0.25) is 0 Å². The first-order chi connectivity index (χ1) is 2.41. The van der Waals surface area contributed by atoms with Gasteiger partial charge >= 0.3 is 0 Å². The third-order valence-electron chi connectivity index (χ3n) is 0. The molecule has 0 aliphatic carbocycles. The second-order valence-electron chi connectivity index (χ2n) is 0.408. The summed E-state index contributed by atoms with van der Waals surface area (Å²) in [5.74, 6) is 0. The monoisotopic (exact) mass is 110 g/mol. The van der Waals surface area contributed by atoms with Gasteiger partial charge in [0.15, 0.2) is 0 Å². The molecule has 4 heteroatoms. The van der Waals surface area contributed by atoms with Gasteiger partial charge in [0.2, 0.25) is 0 Å². The van der Waals surface area contributed by atoms with Gasteiger partial charge < -0.3 is 9.22 Å². The van der Waals surface area contributed by atoms with Crippen LogP contribution in [0.1, 0.15) is 0 Å². The van der Waals surface area contributed by atoms with E-state index >= 15 is 0 Å². The van der Waals surface area contributed by atoms with Crippen LogP contribution in [0.25, 0.3) is 0 Å². The van der Waals surface area contributed by atoms with E-state index in [0.29, 0.717) is 0 Å². The first-order valence-corrected chi connectivity index (χ1v) is 2.90. The van der Waals surface area contributed by atoms with Crippen LogP contribution < -0.4 is 0 Å². The summed E-state index contributed by atoms with van der Waals surface area (Å²) >= 11 is 0. The molecule has 0 unspecified atom stereocenters. The Hall–Kier alpha value is 0.354. The molecule has 0 aliphatic rings. The molecular weight excluding hydrogens is 100 g/mol. The fourth-order valence-electron chi connectivity index (χ4n) is 0. The molecule has 34 valence electrons. The standard InChI is InChI=1S/CH4O.H6OSi2/c1-2;2-1-3/h2H,1H3;2-3H3. The minimum Gasteiger partial charge on any atom is -0.471 e. The second-order valence-corrected chi connectivity index (χ2v) is 3.67. The Morgan fingerprint density at radius 2 is 1.40 bits per heavy atom. The molecule has 0 amide bonds. The molecule has 0 rings (SSSR count). The number of hydrogen-bond donors (Lipinski definition) is 1. The maximum Gasteiger partial charge on any atom is 0.129 e. The SMILES string of the molecule is CO.[SiH3]O[SiH3]. The lowest BCUT2D eigenvalue weighted by Gasteiger charge is -1.62. The van der Waals surface area contributed by atoms with Crippen LogP contribution in [0.15, 0.2) is 0 Å². The highest BCUT2D eigenvalue weighted by molar-refractivity contribution is 6.15. The normalized spacial score (nSPS) is 6.00. The largest absolute Gasteiger partial charge is 0.471 e. The molecule has 0 aromatic carbocycles. The number of aliphatic hydroxyl groups excluding tert-OH is 1. The lowest BCUT2D eigenvalue weighted by Crippen LogP contribution is -1.65. The van der Waals surface area contributed by atoms with E-state index in [4.69, 9.17) is 5.11 Å². The van der Waals surface area contributed by atoms with Gasteiger partial charge in [-0.25, -0.2) is 0 Å². The van der Waals surface area contributed by atoms with Gasteiger partial charge in [-0.05, 0) is 0 Å². The third kappa shape index (κ3) is 193. The number of hydrogen-bond acceptors (Lipinski definition) is 2. The van der Waals surface area contributed by atoms with Crippen molar-refractivity contribution in [2.45, 2.75) is 0 Å². The minimum atomic E-state index is 0.931. The molecule has 0 radical (unpaired) electrons. The summed E-state index contributed by atoms with van der Waals surface area (Å²) in [6.07, 6.45) is 0. The van der Waals surface area contributed by atoms with Crippen molar-refractivity contribution in [1.29, 1.82) is 0 Å². The first-order valence-electron chi connectivity index (χ1n) is 1.26. The Morgan fingerprint density at radius 1 is 1.40 bits per heavy atom.